The lowest BCUT2D eigenvalue weighted by Crippen LogP contribution is -2.21. The van der Waals surface area contributed by atoms with E-state index in [2.05, 4.69) is 20.4 Å². The number of thioether (sulfide) groups is 1. The minimum absolute atomic E-state index is 0.439. The molecule has 0 aliphatic carbocycles. The standard InChI is InChI=1S/C11H14ClN5S/c12-9-5-10(17-11(16-9)14-7-15-17)13-6-8-3-1-2-4-18-8/h5,7-8,13H,1-4,6H2. The van der Waals surface area contributed by atoms with Crippen molar-refractivity contribution in [2.45, 2.75) is 24.5 Å². The minimum Gasteiger partial charge on any atom is -0.369 e. The number of nitrogens with zero attached hydrogens (tertiary/aromatic N) is 4. The van der Waals surface area contributed by atoms with Gasteiger partial charge in [0.25, 0.3) is 5.78 Å². The van der Waals surface area contributed by atoms with E-state index in [-0.39, 0.29) is 0 Å². The molecule has 0 radical (unpaired) electrons. The highest BCUT2D eigenvalue weighted by Crippen LogP contribution is 2.25. The lowest BCUT2D eigenvalue weighted by Gasteiger charge is -2.21. The molecule has 96 valence electrons. The van der Waals surface area contributed by atoms with Gasteiger partial charge in [0.2, 0.25) is 0 Å². The van der Waals surface area contributed by atoms with Gasteiger partial charge in [-0.3, -0.25) is 0 Å². The molecular formula is C11H14ClN5S. The van der Waals surface area contributed by atoms with Gasteiger partial charge in [-0.15, -0.1) is 0 Å². The number of aromatic nitrogens is 4. The van der Waals surface area contributed by atoms with E-state index in [0.717, 1.165) is 12.4 Å². The molecule has 0 bridgehead atoms. The van der Waals surface area contributed by atoms with Crippen LogP contribution in [0.25, 0.3) is 5.78 Å². The lowest BCUT2D eigenvalue weighted by molar-refractivity contribution is 0.676. The zero-order chi connectivity index (χ0) is 12.4. The first-order chi connectivity index (χ1) is 8.83. The van der Waals surface area contributed by atoms with E-state index in [0.29, 0.717) is 16.2 Å². The number of rotatable bonds is 3. The first kappa shape index (κ1) is 12.0. The summed E-state index contributed by atoms with van der Waals surface area (Å²) in [6.45, 7) is 0.931. The average Bonchev–Trinajstić information content (AvgIpc) is 2.85. The summed E-state index contributed by atoms with van der Waals surface area (Å²) in [6.07, 6.45) is 5.43. The van der Waals surface area contributed by atoms with Gasteiger partial charge in [0.05, 0.1) is 0 Å². The van der Waals surface area contributed by atoms with Crippen molar-refractivity contribution in [2.24, 2.45) is 0 Å². The maximum atomic E-state index is 5.96. The van der Waals surface area contributed by atoms with Gasteiger partial charge >= 0.3 is 0 Å². The van der Waals surface area contributed by atoms with Crippen LogP contribution in [0.2, 0.25) is 5.15 Å². The fourth-order valence-electron chi connectivity index (χ4n) is 2.10. The van der Waals surface area contributed by atoms with E-state index in [1.54, 1.807) is 10.6 Å². The third kappa shape index (κ3) is 2.54. The highest BCUT2D eigenvalue weighted by molar-refractivity contribution is 7.99. The first-order valence-electron chi connectivity index (χ1n) is 6.05. The number of nitrogens with one attached hydrogen (secondary N) is 1. The van der Waals surface area contributed by atoms with E-state index in [9.17, 15) is 0 Å². The lowest BCUT2D eigenvalue weighted by atomic mass is 10.2. The Hall–Kier alpha value is -1.01. The van der Waals surface area contributed by atoms with Gasteiger partial charge in [0.15, 0.2) is 0 Å². The molecule has 3 rings (SSSR count). The maximum absolute atomic E-state index is 5.96. The molecule has 1 N–H and O–H groups in total. The predicted octanol–water partition coefficient (Wildman–Crippen LogP) is 2.48. The highest BCUT2D eigenvalue weighted by atomic mass is 35.5. The number of hydrogen-bond acceptors (Lipinski definition) is 5. The molecule has 2 aromatic rings. The monoisotopic (exact) mass is 283 g/mol. The van der Waals surface area contributed by atoms with Crippen molar-refractivity contribution in [3.05, 3.63) is 17.5 Å². The van der Waals surface area contributed by atoms with Crippen LogP contribution in [-0.2, 0) is 0 Å². The Labute approximate surface area is 114 Å². The van der Waals surface area contributed by atoms with Crippen LogP contribution in [0.4, 0.5) is 5.82 Å². The van der Waals surface area contributed by atoms with Crippen LogP contribution < -0.4 is 5.32 Å². The second-order valence-corrected chi connectivity index (χ2v) is 6.10. The zero-order valence-electron chi connectivity index (χ0n) is 9.84. The molecule has 1 saturated heterocycles. The quantitative estimate of drug-likeness (QED) is 0.877. The van der Waals surface area contributed by atoms with E-state index in [1.807, 2.05) is 11.8 Å². The van der Waals surface area contributed by atoms with Gasteiger partial charge in [-0.25, -0.2) is 0 Å². The van der Waals surface area contributed by atoms with Gasteiger partial charge in [0.1, 0.15) is 17.3 Å². The second-order valence-electron chi connectivity index (χ2n) is 4.31. The number of anilines is 1. The van der Waals surface area contributed by atoms with Crippen molar-refractivity contribution in [3.63, 3.8) is 0 Å². The summed E-state index contributed by atoms with van der Waals surface area (Å²) < 4.78 is 1.68. The van der Waals surface area contributed by atoms with Gasteiger partial charge in [-0.1, -0.05) is 18.0 Å². The third-order valence-electron chi connectivity index (χ3n) is 3.01. The Kier molecular flexibility index (Phi) is 3.56. The van der Waals surface area contributed by atoms with Crippen molar-refractivity contribution in [2.75, 3.05) is 17.6 Å². The third-order valence-corrected chi connectivity index (χ3v) is 4.60. The minimum atomic E-state index is 0.439. The largest absolute Gasteiger partial charge is 0.369 e. The van der Waals surface area contributed by atoms with Crippen molar-refractivity contribution in [3.8, 4) is 0 Å². The van der Waals surface area contributed by atoms with Crippen LogP contribution in [0.5, 0.6) is 0 Å². The fourth-order valence-corrected chi connectivity index (χ4v) is 3.51. The van der Waals surface area contributed by atoms with E-state index in [4.69, 9.17) is 11.6 Å². The van der Waals surface area contributed by atoms with Crippen LogP contribution in [0.1, 0.15) is 19.3 Å². The Morgan fingerprint density at radius 1 is 1.50 bits per heavy atom. The van der Waals surface area contributed by atoms with Crippen LogP contribution in [-0.4, -0.2) is 37.1 Å². The maximum Gasteiger partial charge on any atom is 0.255 e. The first-order valence-corrected chi connectivity index (χ1v) is 7.47. The summed E-state index contributed by atoms with van der Waals surface area (Å²) in [5, 5.41) is 8.65. The summed E-state index contributed by atoms with van der Waals surface area (Å²) >= 11 is 8.00. The molecule has 0 spiro atoms. The molecule has 0 aromatic carbocycles. The van der Waals surface area contributed by atoms with Crippen LogP contribution in [0.3, 0.4) is 0 Å². The summed E-state index contributed by atoms with van der Waals surface area (Å²) in [5.41, 5.74) is 0. The summed E-state index contributed by atoms with van der Waals surface area (Å²) in [7, 11) is 0. The Morgan fingerprint density at radius 2 is 2.44 bits per heavy atom. The Morgan fingerprint density at radius 3 is 3.28 bits per heavy atom. The Balaban J connectivity index is 1.75. The molecule has 1 fully saturated rings. The molecule has 1 aliphatic rings. The summed E-state index contributed by atoms with van der Waals surface area (Å²) in [6, 6.07) is 1.79. The molecule has 1 unspecified atom stereocenters. The molecule has 5 nitrogen and oxygen atoms in total. The molecular weight excluding hydrogens is 270 g/mol. The van der Waals surface area contributed by atoms with Crippen molar-refractivity contribution in [1.82, 2.24) is 19.6 Å². The average molecular weight is 284 g/mol. The molecule has 0 saturated carbocycles. The second kappa shape index (κ2) is 5.32. The van der Waals surface area contributed by atoms with Gasteiger partial charge < -0.3 is 5.32 Å². The highest BCUT2D eigenvalue weighted by Gasteiger charge is 2.14. The number of hydrogen-bond donors (Lipinski definition) is 1. The zero-order valence-corrected chi connectivity index (χ0v) is 11.4. The van der Waals surface area contributed by atoms with Crippen molar-refractivity contribution in [1.29, 1.82) is 0 Å². The molecule has 0 amide bonds. The predicted molar refractivity (Wildman–Crippen MR) is 74.4 cm³/mol. The smallest absolute Gasteiger partial charge is 0.255 e. The normalized spacial score (nSPS) is 20.2. The molecule has 1 aliphatic heterocycles. The van der Waals surface area contributed by atoms with E-state index < -0.39 is 0 Å². The molecule has 2 aromatic heterocycles. The van der Waals surface area contributed by atoms with Gasteiger partial charge in [-0.05, 0) is 18.6 Å². The van der Waals surface area contributed by atoms with Crippen molar-refractivity contribution >= 4 is 35.0 Å². The number of halogens is 1. The molecule has 1 atom stereocenters. The van der Waals surface area contributed by atoms with Gasteiger partial charge in [0, 0.05) is 17.9 Å². The summed E-state index contributed by atoms with van der Waals surface area (Å²) in [4.78, 5) is 8.15. The van der Waals surface area contributed by atoms with Crippen LogP contribution in [0.15, 0.2) is 12.4 Å². The fraction of sp³-hybridized carbons (Fsp3) is 0.545. The number of fused-ring (bicyclic) bond motifs is 1. The molecule has 3 heterocycles. The van der Waals surface area contributed by atoms with Crippen LogP contribution >= 0.6 is 23.4 Å². The SMILES string of the molecule is Clc1cc(NCC2CCCCS2)n2ncnc2n1. The van der Waals surface area contributed by atoms with Crippen molar-refractivity contribution < 1.29 is 0 Å². The topological polar surface area (TPSA) is 55.1 Å². The molecule has 7 heteroatoms. The Bertz CT molecular complexity index is 537. The van der Waals surface area contributed by atoms with E-state index >= 15 is 0 Å². The summed E-state index contributed by atoms with van der Waals surface area (Å²) in [5.74, 6) is 2.65. The van der Waals surface area contributed by atoms with Gasteiger partial charge in [-0.2, -0.15) is 31.3 Å². The van der Waals surface area contributed by atoms with E-state index in [1.165, 1.54) is 31.3 Å². The molecule has 18 heavy (non-hydrogen) atoms. The van der Waals surface area contributed by atoms with Crippen LogP contribution in [0, 0.1) is 0 Å².